The lowest BCUT2D eigenvalue weighted by Gasteiger charge is -2.12. The van der Waals surface area contributed by atoms with Gasteiger partial charge < -0.3 is 9.84 Å². The van der Waals surface area contributed by atoms with E-state index in [0.29, 0.717) is 5.02 Å². The number of hydrogen-bond acceptors (Lipinski definition) is 2. The first-order valence-corrected chi connectivity index (χ1v) is 4.57. The lowest BCUT2D eigenvalue weighted by molar-refractivity contribution is -0.144. The quantitative estimate of drug-likeness (QED) is 0.838. The molecule has 0 fully saturated rings. The molecule has 14 heavy (non-hydrogen) atoms. The molecule has 0 aromatic heterocycles. The summed E-state index contributed by atoms with van der Waals surface area (Å²) in [7, 11) is 0. The van der Waals surface area contributed by atoms with Gasteiger partial charge in [-0.2, -0.15) is 0 Å². The van der Waals surface area contributed by atoms with Crippen LogP contribution in [0.25, 0.3) is 0 Å². The van der Waals surface area contributed by atoms with Gasteiger partial charge in [0.1, 0.15) is 6.61 Å². The molecule has 0 amide bonds. The summed E-state index contributed by atoms with van der Waals surface area (Å²) in [6.07, 6.45) is -0.306. The van der Waals surface area contributed by atoms with Crippen LogP contribution in [0.4, 0.5) is 0 Å². The molecule has 1 unspecified atom stereocenters. The van der Waals surface area contributed by atoms with E-state index in [4.69, 9.17) is 21.4 Å². The van der Waals surface area contributed by atoms with Crippen molar-refractivity contribution in [3.63, 3.8) is 0 Å². The SMILES string of the molecule is CC(OCC(=O)O)c1ccccc1Cl. The van der Waals surface area contributed by atoms with Crippen molar-refractivity contribution in [2.24, 2.45) is 0 Å². The summed E-state index contributed by atoms with van der Waals surface area (Å²) in [4.78, 5) is 10.3. The van der Waals surface area contributed by atoms with E-state index in [2.05, 4.69) is 0 Å². The Hall–Kier alpha value is -1.06. The molecule has 0 saturated carbocycles. The van der Waals surface area contributed by atoms with Crippen LogP contribution in [0.1, 0.15) is 18.6 Å². The normalized spacial score (nSPS) is 12.4. The van der Waals surface area contributed by atoms with Crippen LogP contribution in [0, 0.1) is 0 Å². The van der Waals surface area contributed by atoms with Gasteiger partial charge in [0.2, 0.25) is 0 Å². The standard InChI is InChI=1S/C10H11ClO3/c1-7(14-6-10(12)13)8-4-2-3-5-9(8)11/h2-5,7H,6H2,1H3,(H,12,13). The van der Waals surface area contributed by atoms with Crippen molar-refractivity contribution in [3.8, 4) is 0 Å². The fourth-order valence-corrected chi connectivity index (χ4v) is 1.38. The van der Waals surface area contributed by atoms with Crippen molar-refractivity contribution < 1.29 is 14.6 Å². The topological polar surface area (TPSA) is 46.5 Å². The average Bonchev–Trinajstić information content (AvgIpc) is 2.15. The molecule has 3 nitrogen and oxygen atoms in total. The highest BCUT2D eigenvalue weighted by molar-refractivity contribution is 6.31. The van der Waals surface area contributed by atoms with Crippen LogP contribution in [0.3, 0.4) is 0 Å². The Kier molecular flexibility index (Phi) is 3.92. The van der Waals surface area contributed by atoms with Crippen LogP contribution in [-0.2, 0) is 9.53 Å². The molecule has 1 atom stereocenters. The predicted molar refractivity (Wildman–Crippen MR) is 53.5 cm³/mol. The summed E-state index contributed by atoms with van der Waals surface area (Å²) in [6, 6.07) is 7.21. The minimum Gasteiger partial charge on any atom is -0.480 e. The summed E-state index contributed by atoms with van der Waals surface area (Å²) < 4.78 is 5.09. The molecule has 1 aromatic rings. The van der Waals surface area contributed by atoms with E-state index in [0.717, 1.165) is 5.56 Å². The average molecular weight is 215 g/mol. The molecule has 0 aliphatic rings. The molecule has 1 N–H and O–H groups in total. The van der Waals surface area contributed by atoms with Crippen molar-refractivity contribution in [1.82, 2.24) is 0 Å². The van der Waals surface area contributed by atoms with Gasteiger partial charge in [0, 0.05) is 5.02 Å². The largest absolute Gasteiger partial charge is 0.480 e. The molecule has 1 rings (SSSR count). The molecule has 76 valence electrons. The molecular formula is C10H11ClO3. The predicted octanol–water partition coefficient (Wildman–Crippen LogP) is 2.50. The van der Waals surface area contributed by atoms with Gasteiger partial charge in [-0.3, -0.25) is 0 Å². The Morgan fingerprint density at radius 3 is 2.79 bits per heavy atom. The smallest absolute Gasteiger partial charge is 0.329 e. The van der Waals surface area contributed by atoms with Crippen LogP contribution in [0.15, 0.2) is 24.3 Å². The van der Waals surface area contributed by atoms with Gasteiger partial charge in [-0.25, -0.2) is 4.79 Å². The van der Waals surface area contributed by atoms with E-state index in [1.807, 2.05) is 18.2 Å². The Morgan fingerprint density at radius 2 is 2.21 bits per heavy atom. The number of carboxylic acid groups (broad SMARTS) is 1. The Balaban J connectivity index is 2.65. The first-order valence-electron chi connectivity index (χ1n) is 4.19. The van der Waals surface area contributed by atoms with Gasteiger partial charge in [0.05, 0.1) is 6.10 Å². The van der Waals surface area contributed by atoms with E-state index in [9.17, 15) is 4.79 Å². The molecule has 0 radical (unpaired) electrons. The number of benzene rings is 1. The van der Waals surface area contributed by atoms with Gasteiger partial charge in [-0.05, 0) is 18.6 Å². The third-order valence-corrected chi connectivity index (χ3v) is 2.14. The zero-order valence-corrected chi connectivity index (χ0v) is 8.49. The van der Waals surface area contributed by atoms with Gasteiger partial charge in [-0.15, -0.1) is 0 Å². The second-order valence-corrected chi connectivity index (χ2v) is 3.28. The highest BCUT2D eigenvalue weighted by atomic mass is 35.5. The maximum Gasteiger partial charge on any atom is 0.329 e. The molecule has 0 spiro atoms. The van der Waals surface area contributed by atoms with E-state index >= 15 is 0 Å². The number of carbonyl (C=O) groups is 1. The van der Waals surface area contributed by atoms with E-state index in [-0.39, 0.29) is 12.7 Å². The van der Waals surface area contributed by atoms with Crippen molar-refractivity contribution in [3.05, 3.63) is 34.9 Å². The summed E-state index contributed by atoms with van der Waals surface area (Å²) in [5, 5.41) is 9.01. The lowest BCUT2D eigenvalue weighted by Crippen LogP contribution is -2.10. The van der Waals surface area contributed by atoms with Crippen LogP contribution >= 0.6 is 11.6 Å². The van der Waals surface area contributed by atoms with Crippen molar-refractivity contribution >= 4 is 17.6 Å². The fourth-order valence-electron chi connectivity index (χ4n) is 1.09. The summed E-state index contributed by atoms with van der Waals surface area (Å²) in [5.74, 6) is -0.982. The number of aliphatic carboxylic acids is 1. The maximum absolute atomic E-state index is 10.3. The highest BCUT2D eigenvalue weighted by Gasteiger charge is 2.10. The molecular weight excluding hydrogens is 204 g/mol. The van der Waals surface area contributed by atoms with Gasteiger partial charge in [0.15, 0.2) is 0 Å². The van der Waals surface area contributed by atoms with Gasteiger partial charge >= 0.3 is 5.97 Å². The van der Waals surface area contributed by atoms with E-state index in [1.165, 1.54) is 0 Å². The molecule has 0 aliphatic heterocycles. The molecule has 1 aromatic carbocycles. The van der Waals surface area contributed by atoms with Crippen molar-refractivity contribution in [2.75, 3.05) is 6.61 Å². The monoisotopic (exact) mass is 214 g/mol. The van der Waals surface area contributed by atoms with E-state index < -0.39 is 5.97 Å². The Bertz CT molecular complexity index is 325. The minimum atomic E-state index is -0.982. The fraction of sp³-hybridized carbons (Fsp3) is 0.300. The second-order valence-electron chi connectivity index (χ2n) is 2.87. The Labute approximate surface area is 87.3 Å². The van der Waals surface area contributed by atoms with Gasteiger partial charge in [0.25, 0.3) is 0 Å². The number of ether oxygens (including phenoxy) is 1. The van der Waals surface area contributed by atoms with Crippen LogP contribution < -0.4 is 0 Å². The maximum atomic E-state index is 10.3. The van der Waals surface area contributed by atoms with Gasteiger partial charge in [-0.1, -0.05) is 29.8 Å². The summed E-state index contributed by atoms with van der Waals surface area (Å²) in [5.41, 5.74) is 0.801. The van der Waals surface area contributed by atoms with Crippen LogP contribution in [0.5, 0.6) is 0 Å². The molecule has 0 heterocycles. The first-order chi connectivity index (χ1) is 6.61. The zero-order chi connectivity index (χ0) is 10.6. The number of hydrogen-bond donors (Lipinski definition) is 1. The Morgan fingerprint density at radius 1 is 1.57 bits per heavy atom. The van der Waals surface area contributed by atoms with Crippen LogP contribution in [-0.4, -0.2) is 17.7 Å². The number of halogens is 1. The lowest BCUT2D eigenvalue weighted by atomic mass is 10.1. The molecule has 0 bridgehead atoms. The summed E-state index contributed by atoms with van der Waals surface area (Å²) >= 11 is 5.91. The third kappa shape index (κ3) is 3.01. The molecule has 0 saturated heterocycles. The summed E-state index contributed by atoms with van der Waals surface area (Å²) in [6.45, 7) is 1.45. The van der Waals surface area contributed by atoms with Crippen LogP contribution in [0.2, 0.25) is 5.02 Å². The van der Waals surface area contributed by atoms with Crippen molar-refractivity contribution in [2.45, 2.75) is 13.0 Å². The zero-order valence-electron chi connectivity index (χ0n) is 7.74. The first kappa shape index (κ1) is 11.0. The third-order valence-electron chi connectivity index (χ3n) is 1.80. The number of rotatable bonds is 4. The number of carboxylic acids is 1. The molecule has 0 aliphatic carbocycles. The minimum absolute atomic E-state index is 0.306. The molecule has 4 heteroatoms. The van der Waals surface area contributed by atoms with E-state index in [1.54, 1.807) is 13.0 Å². The highest BCUT2D eigenvalue weighted by Crippen LogP contribution is 2.24. The van der Waals surface area contributed by atoms with Crippen molar-refractivity contribution in [1.29, 1.82) is 0 Å². The second kappa shape index (κ2) is 4.98.